The van der Waals surface area contributed by atoms with E-state index >= 15 is 0 Å². The summed E-state index contributed by atoms with van der Waals surface area (Å²) in [6.45, 7) is 0.156. The molecule has 1 aliphatic rings. The van der Waals surface area contributed by atoms with Gasteiger partial charge in [0.15, 0.2) is 0 Å². The Balaban J connectivity index is -0.000000750. The average molecular weight is 294 g/mol. The molecule has 0 aromatic carbocycles. The second-order valence-corrected chi connectivity index (χ2v) is 4.06. The van der Waals surface area contributed by atoms with Gasteiger partial charge in [0.05, 0.1) is 11.8 Å². The van der Waals surface area contributed by atoms with Crippen LogP contribution in [0, 0.1) is 4.91 Å². The number of hydrogen-bond acceptors (Lipinski definition) is 3. The standard InChI is InChI=1S/C9H16ClN3O2.ClH.Na.H/c10-6-7-13(12-15)9(14)11-8-4-2-1-3-5-8;;;/h8H,1-7H2,(H,11,14);1H;;. The zero-order valence-corrected chi connectivity index (χ0v) is 10.5. The maximum atomic E-state index is 11.5. The Labute approximate surface area is 136 Å². The Kier molecular flexibility index (Phi) is 13.4. The fraction of sp³-hybridized carbons (Fsp3) is 0.889. The molecule has 1 N–H and O–H groups in total. The van der Waals surface area contributed by atoms with Gasteiger partial charge >= 0.3 is 37.0 Å². The third-order valence-electron chi connectivity index (χ3n) is 2.56. The minimum atomic E-state index is -0.433. The number of alkyl halides is 1. The second-order valence-electron chi connectivity index (χ2n) is 3.68. The molecular weight excluding hydrogens is 276 g/mol. The van der Waals surface area contributed by atoms with E-state index in [1.54, 1.807) is 0 Å². The van der Waals surface area contributed by atoms with Crippen LogP contribution in [-0.4, -0.2) is 59.1 Å². The number of hydrogen-bond donors (Lipinski definition) is 1. The molecule has 1 rings (SSSR count). The van der Waals surface area contributed by atoms with E-state index in [2.05, 4.69) is 10.6 Å². The average Bonchev–Trinajstić information content (AvgIpc) is 2.27. The summed E-state index contributed by atoms with van der Waals surface area (Å²) >= 11 is 5.44. The van der Waals surface area contributed by atoms with Crippen LogP contribution in [0.1, 0.15) is 33.5 Å². The molecule has 1 fully saturated rings. The first-order valence-corrected chi connectivity index (χ1v) is 5.78. The van der Waals surface area contributed by atoms with Crippen molar-refractivity contribution in [1.29, 1.82) is 0 Å². The molecule has 0 radical (unpaired) electrons. The molecule has 0 saturated heterocycles. The van der Waals surface area contributed by atoms with Crippen molar-refractivity contribution in [2.75, 3.05) is 12.4 Å². The predicted molar refractivity (Wildman–Crippen MR) is 66.9 cm³/mol. The van der Waals surface area contributed by atoms with Crippen molar-refractivity contribution in [3.8, 4) is 0 Å². The second kappa shape index (κ2) is 11.5. The number of rotatable bonds is 4. The van der Waals surface area contributed by atoms with E-state index in [0.29, 0.717) is 0 Å². The molecule has 1 aliphatic carbocycles. The van der Waals surface area contributed by atoms with Crippen molar-refractivity contribution >= 4 is 47.2 Å². The zero-order chi connectivity index (χ0) is 11.1. The first kappa shape index (κ1) is 19.8. The third-order valence-corrected chi connectivity index (χ3v) is 2.73. The van der Waals surface area contributed by atoms with Gasteiger partial charge in [0, 0.05) is 11.9 Å². The van der Waals surface area contributed by atoms with Gasteiger partial charge in [0.25, 0.3) is 0 Å². The van der Waals surface area contributed by atoms with Crippen molar-refractivity contribution < 1.29 is 18.6 Å². The number of carbonyl (C=O) groups is 1. The van der Waals surface area contributed by atoms with Crippen LogP contribution < -0.4 is 17.7 Å². The molecule has 8 heteroatoms. The van der Waals surface area contributed by atoms with Crippen LogP contribution in [0.5, 0.6) is 0 Å². The predicted octanol–water partition coefficient (Wildman–Crippen LogP) is -1.28. The number of amides is 2. The molecule has 0 bridgehead atoms. The summed E-state index contributed by atoms with van der Waals surface area (Å²) in [5.74, 6) is 0.212. The summed E-state index contributed by atoms with van der Waals surface area (Å²) in [4.78, 5) is 21.8. The number of halogens is 2. The molecule has 0 aromatic heterocycles. The van der Waals surface area contributed by atoms with Gasteiger partial charge in [-0.05, 0) is 12.8 Å². The summed E-state index contributed by atoms with van der Waals surface area (Å²) in [5, 5.41) is 6.25. The Bertz CT molecular complexity index is 234. The maximum absolute atomic E-state index is 11.5. The fourth-order valence-electron chi connectivity index (χ4n) is 1.76. The van der Waals surface area contributed by atoms with Crippen LogP contribution in [0.25, 0.3) is 0 Å². The number of nitrogens with zero attached hydrogens (tertiary/aromatic N) is 2. The Morgan fingerprint density at radius 1 is 1.41 bits per heavy atom. The first-order chi connectivity index (χ1) is 7.27. The van der Waals surface area contributed by atoms with Crippen LogP contribution in [0.15, 0.2) is 5.29 Å². The zero-order valence-electron chi connectivity index (χ0n) is 9.99. The monoisotopic (exact) mass is 293 g/mol. The van der Waals surface area contributed by atoms with Crippen molar-refractivity contribution in [2.45, 2.75) is 38.1 Å². The van der Waals surface area contributed by atoms with Gasteiger partial charge in [-0.25, -0.2) is 4.79 Å². The Morgan fingerprint density at radius 2 is 2.00 bits per heavy atom. The number of urea groups is 1. The van der Waals surface area contributed by atoms with Gasteiger partial charge in [0.1, 0.15) is 0 Å². The van der Waals surface area contributed by atoms with E-state index in [1.807, 2.05) is 0 Å². The Morgan fingerprint density at radius 3 is 2.47 bits per heavy atom. The number of carbonyl (C=O) groups excluding carboxylic acids is 1. The quantitative estimate of drug-likeness (QED) is 0.304. The van der Waals surface area contributed by atoms with Crippen molar-refractivity contribution in [2.24, 2.45) is 5.29 Å². The van der Waals surface area contributed by atoms with Crippen LogP contribution in [0.2, 0.25) is 0 Å². The topological polar surface area (TPSA) is 61.8 Å². The van der Waals surface area contributed by atoms with Crippen molar-refractivity contribution in [3.05, 3.63) is 4.91 Å². The number of nitroso groups, excluding NO2 is 1. The van der Waals surface area contributed by atoms with Crippen molar-refractivity contribution in [1.82, 2.24) is 10.3 Å². The van der Waals surface area contributed by atoms with Gasteiger partial charge in [0.2, 0.25) is 0 Å². The molecule has 0 spiro atoms. The van der Waals surface area contributed by atoms with Crippen LogP contribution in [0.3, 0.4) is 0 Å². The van der Waals surface area contributed by atoms with Crippen molar-refractivity contribution in [3.63, 3.8) is 0 Å². The molecular formula is C9H18Cl2N3NaO2. The third kappa shape index (κ3) is 7.47. The van der Waals surface area contributed by atoms with Gasteiger partial charge < -0.3 is 17.7 Å². The Hall–Kier alpha value is 0.450. The molecule has 0 aromatic rings. The number of nitrogens with one attached hydrogen (secondary N) is 1. The molecule has 0 aliphatic heterocycles. The summed E-state index contributed by atoms with van der Waals surface area (Å²) in [7, 11) is 0. The van der Waals surface area contributed by atoms with Gasteiger partial charge in [-0.2, -0.15) is 5.01 Å². The molecule has 0 atom stereocenters. The molecule has 0 unspecified atom stereocenters. The summed E-state index contributed by atoms with van der Waals surface area (Å²) in [6.07, 6.45) is 5.46. The van der Waals surface area contributed by atoms with E-state index in [1.165, 1.54) is 6.42 Å². The minimum absolute atomic E-state index is 0. The van der Waals surface area contributed by atoms with Gasteiger partial charge in [-0.1, -0.05) is 19.3 Å². The van der Waals surface area contributed by atoms with E-state index in [0.717, 1.165) is 30.7 Å². The summed E-state index contributed by atoms with van der Waals surface area (Å²) in [6, 6.07) is -0.247. The SMILES string of the molecule is O=NN(CCCl)C(=O)NC1CCCCC1.[Cl-].[H+].[NaH]. The molecule has 5 nitrogen and oxygen atoms in total. The summed E-state index contributed by atoms with van der Waals surface area (Å²) in [5.41, 5.74) is 0. The van der Waals surface area contributed by atoms with Crippen LogP contribution >= 0.6 is 11.6 Å². The van der Waals surface area contributed by atoms with Gasteiger partial charge in [-0.3, -0.25) is 0 Å². The summed E-state index contributed by atoms with van der Waals surface area (Å²) < 4.78 is 0. The molecule has 1 saturated carbocycles. The van der Waals surface area contributed by atoms with E-state index in [-0.39, 0.29) is 61.9 Å². The fourth-order valence-corrected chi connectivity index (χ4v) is 1.92. The van der Waals surface area contributed by atoms with E-state index < -0.39 is 6.03 Å². The molecule has 96 valence electrons. The van der Waals surface area contributed by atoms with E-state index in [9.17, 15) is 9.70 Å². The van der Waals surface area contributed by atoms with Gasteiger partial charge in [-0.15, -0.1) is 16.5 Å². The molecule has 17 heavy (non-hydrogen) atoms. The first-order valence-electron chi connectivity index (χ1n) is 5.25. The van der Waals surface area contributed by atoms with Crippen LogP contribution in [0.4, 0.5) is 4.79 Å². The normalized spacial score (nSPS) is 15.1. The molecule has 2 amide bonds. The van der Waals surface area contributed by atoms with E-state index in [4.69, 9.17) is 11.6 Å². The van der Waals surface area contributed by atoms with Crippen LogP contribution in [-0.2, 0) is 0 Å². The molecule has 0 heterocycles.